The Morgan fingerprint density at radius 1 is 0.969 bits per heavy atom. The first-order chi connectivity index (χ1) is 15.7. The van der Waals surface area contributed by atoms with Crippen LogP contribution < -0.4 is 5.32 Å². The molecule has 1 N–H and O–H groups in total. The van der Waals surface area contributed by atoms with E-state index in [-0.39, 0.29) is 18.0 Å². The summed E-state index contributed by atoms with van der Waals surface area (Å²) in [5.74, 6) is 0.297. The predicted molar refractivity (Wildman–Crippen MR) is 125 cm³/mol. The molecule has 0 bridgehead atoms. The largest absolute Gasteiger partial charge is 0.445 e. The third kappa shape index (κ3) is 7.06. The number of hydrogen-bond donors (Lipinski definition) is 1. The molecular weight excluding hydrogens is 403 g/mol. The maximum Gasteiger partial charge on any atom is 0.407 e. The van der Waals surface area contributed by atoms with Gasteiger partial charge >= 0.3 is 6.09 Å². The highest BCUT2D eigenvalue weighted by molar-refractivity contribution is 5.67. The second-order valence-corrected chi connectivity index (χ2v) is 9.31. The second-order valence-electron chi connectivity index (χ2n) is 9.31. The van der Waals surface area contributed by atoms with E-state index >= 15 is 0 Å². The van der Waals surface area contributed by atoms with Crippen LogP contribution in [0.4, 0.5) is 9.18 Å². The van der Waals surface area contributed by atoms with Crippen molar-refractivity contribution in [2.24, 2.45) is 5.92 Å². The number of halogens is 1. The summed E-state index contributed by atoms with van der Waals surface area (Å²) < 4.78 is 18.6. The van der Waals surface area contributed by atoms with Crippen LogP contribution in [0.25, 0.3) is 0 Å². The van der Waals surface area contributed by atoms with Gasteiger partial charge in [-0.3, -0.25) is 0 Å². The van der Waals surface area contributed by atoms with Gasteiger partial charge in [-0.2, -0.15) is 0 Å². The van der Waals surface area contributed by atoms with Gasteiger partial charge in [0.05, 0.1) is 0 Å². The molecule has 0 aromatic heterocycles. The number of benzene rings is 2. The molecule has 32 heavy (non-hydrogen) atoms. The maximum atomic E-state index is 13.1. The molecular formula is C27H35FN2O2. The number of aryl methyl sites for hydroxylation is 1. The van der Waals surface area contributed by atoms with Crippen molar-refractivity contribution in [3.05, 3.63) is 71.5 Å². The number of rotatable bonds is 10. The Bertz CT molecular complexity index is 838. The third-order valence-corrected chi connectivity index (χ3v) is 6.78. The quantitative estimate of drug-likeness (QED) is 0.517. The zero-order valence-corrected chi connectivity index (χ0v) is 18.8. The van der Waals surface area contributed by atoms with E-state index in [4.69, 9.17) is 4.74 Å². The summed E-state index contributed by atoms with van der Waals surface area (Å²) in [6, 6.07) is 17.5. The van der Waals surface area contributed by atoms with Crippen LogP contribution in [0, 0.1) is 11.7 Å². The molecule has 2 aliphatic carbocycles. The molecule has 2 aliphatic rings. The van der Waals surface area contributed by atoms with Crippen LogP contribution >= 0.6 is 0 Å². The molecule has 2 aromatic carbocycles. The Balaban J connectivity index is 1.25. The highest BCUT2D eigenvalue weighted by Crippen LogP contribution is 2.32. The zero-order chi connectivity index (χ0) is 22.2. The molecule has 2 aromatic rings. The van der Waals surface area contributed by atoms with Gasteiger partial charge in [-0.05, 0) is 74.2 Å². The van der Waals surface area contributed by atoms with Crippen LogP contribution in [-0.2, 0) is 17.8 Å². The van der Waals surface area contributed by atoms with E-state index in [1.54, 1.807) is 12.1 Å². The van der Waals surface area contributed by atoms with Crippen molar-refractivity contribution >= 4 is 6.09 Å². The Hall–Kier alpha value is -2.40. The van der Waals surface area contributed by atoms with Crippen molar-refractivity contribution in [3.8, 4) is 0 Å². The fraction of sp³-hybridized carbons (Fsp3) is 0.519. The summed E-state index contributed by atoms with van der Waals surface area (Å²) in [6.07, 6.45) is 8.88. The van der Waals surface area contributed by atoms with Crippen LogP contribution in [-0.4, -0.2) is 36.2 Å². The predicted octanol–water partition coefficient (Wildman–Crippen LogP) is 5.71. The lowest BCUT2D eigenvalue weighted by Gasteiger charge is -2.36. The molecule has 2 fully saturated rings. The van der Waals surface area contributed by atoms with Gasteiger partial charge in [-0.15, -0.1) is 0 Å². The summed E-state index contributed by atoms with van der Waals surface area (Å²) in [6.45, 7) is 2.41. The van der Waals surface area contributed by atoms with E-state index in [1.165, 1.54) is 24.8 Å². The molecule has 4 nitrogen and oxygen atoms in total. The average molecular weight is 439 g/mol. The number of ether oxygens (including phenoxy) is 1. The lowest BCUT2D eigenvalue weighted by Crippen LogP contribution is -2.47. The molecule has 0 saturated heterocycles. The van der Waals surface area contributed by atoms with E-state index in [1.807, 2.05) is 42.5 Å². The zero-order valence-electron chi connectivity index (χ0n) is 18.8. The van der Waals surface area contributed by atoms with Crippen molar-refractivity contribution in [2.75, 3.05) is 13.1 Å². The third-order valence-electron chi connectivity index (χ3n) is 6.78. The minimum atomic E-state index is -0.306. The monoisotopic (exact) mass is 438 g/mol. The van der Waals surface area contributed by atoms with Crippen LogP contribution in [0.2, 0.25) is 0 Å². The standard InChI is InChI=1S/C27H35FN2O2/c28-24-14-12-21(13-15-24)9-6-18-30(25-16-17-25)19-23-10-4-5-11-26(23)29-27(31)32-20-22-7-2-1-3-8-22/h1-3,7-8,12-15,23,25-26H,4-6,9-11,16-20H2,(H,29,31). The summed E-state index contributed by atoms with van der Waals surface area (Å²) in [4.78, 5) is 15.1. The Morgan fingerprint density at radius 2 is 1.72 bits per heavy atom. The maximum absolute atomic E-state index is 13.1. The topological polar surface area (TPSA) is 41.6 Å². The van der Waals surface area contributed by atoms with E-state index in [0.717, 1.165) is 50.8 Å². The smallest absolute Gasteiger partial charge is 0.407 e. The van der Waals surface area contributed by atoms with Crippen molar-refractivity contribution in [3.63, 3.8) is 0 Å². The van der Waals surface area contributed by atoms with E-state index in [0.29, 0.717) is 18.6 Å². The van der Waals surface area contributed by atoms with Crippen molar-refractivity contribution in [2.45, 2.75) is 70.1 Å². The number of hydrogen-bond acceptors (Lipinski definition) is 3. The SMILES string of the molecule is O=C(NC1CCCCC1CN(CCCc1ccc(F)cc1)C1CC1)OCc1ccccc1. The van der Waals surface area contributed by atoms with Crippen molar-refractivity contribution < 1.29 is 13.9 Å². The lowest BCUT2D eigenvalue weighted by molar-refractivity contribution is 0.116. The molecule has 5 heteroatoms. The van der Waals surface area contributed by atoms with Gasteiger partial charge in [0.2, 0.25) is 0 Å². The number of nitrogens with one attached hydrogen (secondary N) is 1. The highest BCUT2D eigenvalue weighted by Gasteiger charge is 2.34. The molecule has 0 aliphatic heterocycles. The molecule has 0 radical (unpaired) electrons. The molecule has 0 spiro atoms. The number of nitrogens with zero attached hydrogens (tertiary/aromatic N) is 1. The van der Waals surface area contributed by atoms with Gasteiger partial charge in [-0.25, -0.2) is 9.18 Å². The van der Waals surface area contributed by atoms with Crippen molar-refractivity contribution in [1.82, 2.24) is 10.2 Å². The highest BCUT2D eigenvalue weighted by atomic mass is 19.1. The van der Waals surface area contributed by atoms with E-state index in [9.17, 15) is 9.18 Å². The van der Waals surface area contributed by atoms with Gasteiger partial charge in [-0.1, -0.05) is 55.3 Å². The molecule has 2 saturated carbocycles. The number of amides is 1. The van der Waals surface area contributed by atoms with Crippen LogP contribution in [0.1, 0.15) is 56.1 Å². The van der Waals surface area contributed by atoms with E-state index < -0.39 is 0 Å². The summed E-state index contributed by atoms with van der Waals surface area (Å²) in [5.41, 5.74) is 2.20. The number of carbonyl (C=O) groups is 1. The molecule has 172 valence electrons. The minimum absolute atomic E-state index is 0.175. The fourth-order valence-corrected chi connectivity index (χ4v) is 4.83. The summed E-state index contributed by atoms with van der Waals surface area (Å²) in [5, 5.41) is 3.17. The normalized spacial score (nSPS) is 20.8. The number of carbonyl (C=O) groups excluding carboxylic acids is 1. The minimum Gasteiger partial charge on any atom is -0.445 e. The Morgan fingerprint density at radius 3 is 2.47 bits per heavy atom. The van der Waals surface area contributed by atoms with Gasteiger partial charge in [0.1, 0.15) is 12.4 Å². The lowest BCUT2D eigenvalue weighted by atomic mass is 9.84. The van der Waals surface area contributed by atoms with Crippen LogP contribution in [0.3, 0.4) is 0 Å². The Labute approximate surface area is 191 Å². The molecule has 4 rings (SSSR count). The average Bonchev–Trinajstić information content (AvgIpc) is 3.66. The van der Waals surface area contributed by atoms with Gasteiger partial charge < -0.3 is 15.0 Å². The first kappa shape index (κ1) is 22.8. The molecule has 2 unspecified atom stereocenters. The van der Waals surface area contributed by atoms with Gasteiger partial charge in [0, 0.05) is 18.6 Å². The number of alkyl carbamates (subject to hydrolysis) is 1. The molecule has 0 heterocycles. The second kappa shape index (κ2) is 11.5. The first-order valence-electron chi connectivity index (χ1n) is 12.1. The fourth-order valence-electron chi connectivity index (χ4n) is 4.83. The molecule has 1 amide bonds. The first-order valence-corrected chi connectivity index (χ1v) is 12.1. The summed E-state index contributed by atoms with van der Waals surface area (Å²) in [7, 11) is 0. The molecule has 2 atom stereocenters. The van der Waals surface area contributed by atoms with Crippen LogP contribution in [0.15, 0.2) is 54.6 Å². The van der Waals surface area contributed by atoms with Gasteiger partial charge in [0.15, 0.2) is 0 Å². The van der Waals surface area contributed by atoms with Gasteiger partial charge in [0.25, 0.3) is 0 Å². The van der Waals surface area contributed by atoms with Crippen molar-refractivity contribution in [1.29, 1.82) is 0 Å². The Kier molecular flexibility index (Phi) is 8.16. The summed E-state index contributed by atoms with van der Waals surface area (Å²) >= 11 is 0. The van der Waals surface area contributed by atoms with E-state index in [2.05, 4.69) is 10.2 Å². The van der Waals surface area contributed by atoms with Crippen LogP contribution in [0.5, 0.6) is 0 Å².